The molecule has 1 atom stereocenters. The van der Waals surface area contributed by atoms with Gasteiger partial charge in [0.2, 0.25) is 5.43 Å². The summed E-state index contributed by atoms with van der Waals surface area (Å²) in [6.07, 6.45) is 3.43. The van der Waals surface area contributed by atoms with E-state index in [0.29, 0.717) is 28.4 Å². The van der Waals surface area contributed by atoms with Gasteiger partial charge < -0.3 is 15.7 Å². The molecule has 3 N–H and O–H groups in total. The zero-order chi connectivity index (χ0) is 19.3. The Morgan fingerprint density at radius 3 is 2.79 bits per heavy atom. The Bertz CT molecular complexity index is 1140. The van der Waals surface area contributed by atoms with Gasteiger partial charge >= 0.3 is 5.97 Å². The fourth-order valence-electron chi connectivity index (χ4n) is 3.07. The van der Waals surface area contributed by atoms with Crippen LogP contribution in [0.1, 0.15) is 16.8 Å². The molecular formula is C16H14BrClFN5O3S. The normalized spacial score (nSPS) is 16.4. The van der Waals surface area contributed by atoms with Crippen molar-refractivity contribution in [3.63, 3.8) is 0 Å². The quantitative estimate of drug-likeness (QED) is 0.579. The van der Waals surface area contributed by atoms with Gasteiger partial charge in [0, 0.05) is 25.3 Å². The summed E-state index contributed by atoms with van der Waals surface area (Å²) in [6.45, 7) is 1.01. The molecule has 1 aliphatic heterocycles. The molecule has 1 saturated heterocycles. The van der Waals surface area contributed by atoms with Crippen LogP contribution >= 0.6 is 39.7 Å². The largest absolute Gasteiger partial charge is 0.477 e. The number of hydrogen-bond acceptors (Lipinski definition) is 7. The fraction of sp³-hybridized carbons (Fsp3) is 0.250. The first-order valence-corrected chi connectivity index (χ1v) is 9.57. The van der Waals surface area contributed by atoms with E-state index in [2.05, 4.69) is 25.9 Å². The SMILES string of the molecule is Cl.NC1CCN(c2nc3c(cc2F)c(=O)c(C(=O)O)cn3-c2ncc(Br)s2)C1. The molecule has 8 nitrogen and oxygen atoms in total. The highest BCUT2D eigenvalue weighted by Gasteiger charge is 2.26. The molecule has 1 fully saturated rings. The molecule has 1 unspecified atom stereocenters. The van der Waals surface area contributed by atoms with Gasteiger partial charge in [-0.15, -0.1) is 12.4 Å². The zero-order valence-electron chi connectivity index (χ0n) is 14.1. The van der Waals surface area contributed by atoms with E-state index in [1.807, 2.05) is 0 Å². The first kappa shape index (κ1) is 20.6. The summed E-state index contributed by atoms with van der Waals surface area (Å²) in [4.78, 5) is 34.3. The van der Waals surface area contributed by atoms with E-state index in [1.165, 1.54) is 22.1 Å². The second kappa shape index (κ2) is 7.74. The van der Waals surface area contributed by atoms with Crippen LogP contribution in [0.15, 0.2) is 27.0 Å². The monoisotopic (exact) mass is 489 g/mol. The molecule has 3 aromatic heterocycles. The van der Waals surface area contributed by atoms with E-state index in [4.69, 9.17) is 5.73 Å². The predicted octanol–water partition coefficient (Wildman–Crippen LogP) is 2.40. The van der Waals surface area contributed by atoms with Gasteiger partial charge in [0.15, 0.2) is 22.4 Å². The maximum atomic E-state index is 14.7. The molecule has 0 spiro atoms. The van der Waals surface area contributed by atoms with Crippen LogP contribution in [0.2, 0.25) is 0 Å². The molecule has 0 saturated carbocycles. The van der Waals surface area contributed by atoms with Crippen LogP contribution in [0.4, 0.5) is 10.2 Å². The molecule has 0 aromatic carbocycles. The van der Waals surface area contributed by atoms with Crippen molar-refractivity contribution < 1.29 is 14.3 Å². The van der Waals surface area contributed by atoms with E-state index >= 15 is 0 Å². The molecular weight excluding hydrogens is 477 g/mol. The first-order valence-electron chi connectivity index (χ1n) is 7.96. The molecule has 3 aromatic rings. The van der Waals surface area contributed by atoms with Gasteiger partial charge in [-0.25, -0.2) is 19.2 Å². The number of aromatic nitrogens is 3. The van der Waals surface area contributed by atoms with E-state index in [1.54, 1.807) is 11.1 Å². The zero-order valence-corrected chi connectivity index (χ0v) is 17.4. The van der Waals surface area contributed by atoms with Gasteiger partial charge in [0.1, 0.15) is 5.56 Å². The van der Waals surface area contributed by atoms with E-state index in [0.717, 1.165) is 6.07 Å². The molecule has 148 valence electrons. The topological polar surface area (TPSA) is 114 Å². The number of aromatic carboxylic acids is 1. The van der Waals surface area contributed by atoms with Crippen molar-refractivity contribution in [3.05, 3.63) is 43.9 Å². The third-order valence-electron chi connectivity index (χ3n) is 4.34. The van der Waals surface area contributed by atoms with Gasteiger partial charge in [0.25, 0.3) is 0 Å². The van der Waals surface area contributed by atoms with Gasteiger partial charge in [-0.3, -0.25) is 9.36 Å². The number of fused-ring (bicyclic) bond motifs is 1. The van der Waals surface area contributed by atoms with Crippen LogP contribution in [0, 0.1) is 5.82 Å². The van der Waals surface area contributed by atoms with Crippen molar-refractivity contribution in [1.29, 1.82) is 0 Å². The Kier molecular flexibility index (Phi) is 5.71. The summed E-state index contributed by atoms with van der Waals surface area (Å²) in [7, 11) is 0. The van der Waals surface area contributed by atoms with Crippen molar-refractivity contribution in [1.82, 2.24) is 14.5 Å². The number of nitrogens with zero attached hydrogens (tertiary/aromatic N) is 4. The molecule has 12 heteroatoms. The minimum absolute atomic E-state index is 0. The Balaban J connectivity index is 0.00000225. The number of pyridine rings is 2. The predicted molar refractivity (Wildman–Crippen MR) is 110 cm³/mol. The highest BCUT2D eigenvalue weighted by Crippen LogP contribution is 2.28. The standard InChI is InChI=1S/C16H13BrFN5O3S.ClH/c17-11-4-20-16(27-11)23-6-9(15(25)26)12(24)8-3-10(18)14(21-13(8)23)22-2-1-7(19)5-22;/h3-4,6-7H,1-2,5,19H2,(H,25,26);1H. The summed E-state index contributed by atoms with van der Waals surface area (Å²) in [5.74, 6) is -2.01. The number of carbonyl (C=O) groups is 1. The molecule has 0 bridgehead atoms. The summed E-state index contributed by atoms with van der Waals surface area (Å²) in [5.41, 5.74) is 4.77. The number of rotatable bonds is 3. The molecule has 0 amide bonds. The second-order valence-corrected chi connectivity index (χ2v) is 8.54. The highest BCUT2D eigenvalue weighted by molar-refractivity contribution is 9.11. The smallest absolute Gasteiger partial charge is 0.341 e. The molecule has 4 heterocycles. The number of halogens is 3. The Morgan fingerprint density at radius 1 is 1.46 bits per heavy atom. The number of carboxylic acid groups (broad SMARTS) is 1. The van der Waals surface area contributed by atoms with Crippen molar-refractivity contribution in [3.8, 4) is 5.13 Å². The minimum atomic E-state index is -1.40. The third-order valence-corrected chi connectivity index (χ3v) is 5.81. The summed E-state index contributed by atoms with van der Waals surface area (Å²) >= 11 is 4.53. The van der Waals surface area contributed by atoms with E-state index < -0.39 is 22.8 Å². The van der Waals surface area contributed by atoms with Crippen molar-refractivity contribution >= 4 is 62.5 Å². The molecule has 1 aliphatic rings. The van der Waals surface area contributed by atoms with Gasteiger partial charge in [-0.05, 0) is 28.4 Å². The number of carboxylic acids is 1. The highest BCUT2D eigenvalue weighted by atomic mass is 79.9. The van der Waals surface area contributed by atoms with Gasteiger partial charge in [-0.2, -0.15) is 0 Å². The lowest BCUT2D eigenvalue weighted by atomic mass is 10.2. The van der Waals surface area contributed by atoms with Crippen molar-refractivity contribution in [2.24, 2.45) is 5.73 Å². The van der Waals surface area contributed by atoms with Gasteiger partial charge in [-0.1, -0.05) is 11.3 Å². The summed E-state index contributed by atoms with van der Waals surface area (Å²) in [6, 6.07) is 0.962. The lowest BCUT2D eigenvalue weighted by Crippen LogP contribution is -2.28. The molecule has 4 rings (SSSR count). The van der Waals surface area contributed by atoms with Crippen LogP contribution in [0.25, 0.3) is 16.2 Å². The third kappa shape index (κ3) is 3.50. The number of hydrogen-bond donors (Lipinski definition) is 2. The number of anilines is 1. The summed E-state index contributed by atoms with van der Waals surface area (Å²) in [5, 5.41) is 9.63. The van der Waals surface area contributed by atoms with Crippen LogP contribution in [0.5, 0.6) is 0 Å². The lowest BCUT2D eigenvalue weighted by molar-refractivity contribution is 0.0695. The van der Waals surface area contributed by atoms with Crippen molar-refractivity contribution in [2.45, 2.75) is 12.5 Å². The van der Waals surface area contributed by atoms with Gasteiger partial charge in [0.05, 0.1) is 15.4 Å². The van der Waals surface area contributed by atoms with Crippen LogP contribution in [0.3, 0.4) is 0 Å². The average Bonchev–Trinajstić information content (AvgIpc) is 3.23. The Hall–Kier alpha value is -2.08. The molecule has 0 aliphatic carbocycles. The number of nitrogens with two attached hydrogens (primary N) is 1. The number of thiazole rings is 1. The van der Waals surface area contributed by atoms with E-state index in [-0.39, 0.29) is 35.3 Å². The molecule has 0 radical (unpaired) electrons. The Morgan fingerprint density at radius 2 is 2.21 bits per heavy atom. The van der Waals surface area contributed by atoms with Crippen LogP contribution < -0.4 is 16.1 Å². The maximum Gasteiger partial charge on any atom is 0.341 e. The second-order valence-electron chi connectivity index (χ2n) is 6.15. The lowest BCUT2D eigenvalue weighted by Gasteiger charge is -2.19. The van der Waals surface area contributed by atoms with Crippen LogP contribution in [-0.4, -0.2) is 44.7 Å². The Labute approximate surface area is 176 Å². The average molecular weight is 491 g/mol. The molecule has 28 heavy (non-hydrogen) atoms. The fourth-order valence-corrected chi connectivity index (χ4v) is 4.23. The van der Waals surface area contributed by atoms with E-state index in [9.17, 15) is 19.1 Å². The van der Waals surface area contributed by atoms with Crippen molar-refractivity contribution in [2.75, 3.05) is 18.0 Å². The maximum absolute atomic E-state index is 14.7. The minimum Gasteiger partial charge on any atom is -0.477 e. The first-order chi connectivity index (χ1) is 12.8. The van der Waals surface area contributed by atoms with Crippen LogP contribution in [-0.2, 0) is 0 Å². The summed E-state index contributed by atoms with van der Waals surface area (Å²) < 4.78 is 16.8.